The Hall–Kier alpha value is -1.87. The standard InChI is InChI=1S/C17H20FNO/c1-3-19-16(14-7-5-4-6-8-14)12-13-9-10-17(20-2)15(18)11-13/h4-11,16,19H,3,12H2,1-2H3. The predicted molar refractivity (Wildman–Crippen MR) is 79.5 cm³/mol. The summed E-state index contributed by atoms with van der Waals surface area (Å²) in [5, 5.41) is 3.44. The van der Waals surface area contributed by atoms with Gasteiger partial charge in [0.25, 0.3) is 0 Å². The van der Waals surface area contributed by atoms with Gasteiger partial charge in [-0.25, -0.2) is 4.39 Å². The van der Waals surface area contributed by atoms with Crippen LogP contribution in [-0.2, 0) is 6.42 Å². The number of rotatable bonds is 6. The molecule has 0 aromatic heterocycles. The molecule has 0 amide bonds. The van der Waals surface area contributed by atoms with Crippen molar-refractivity contribution in [1.82, 2.24) is 5.32 Å². The molecule has 106 valence electrons. The molecule has 0 radical (unpaired) electrons. The smallest absolute Gasteiger partial charge is 0.165 e. The first-order valence-corrected chi connectivity index (χ1v) is 6.85. The van der Waals surface area contributed by atoms with Gasteiger partial charge in [0.2, 0.25) is 0 Å². The number of likely N-dealkylation sites (N-methyl/N-ethyl adjacent to an activating group) is 1. The highest BCUT2D eigenvalue weighted by atomic mass is 19.1. The van der Waals surface area contributed by atoms with Crippen LogP contribution in [-0.4, -0.2) is 13.7 Å². The third-order valence-corrected chi connectivity index (χ3v) is 3.31. The molecule has 1 N–H and O–H groups in total. The first kappa shape index (κ1) is 14.5. The summed E-state index contributed by atoms with van der Waals surface area (Å²) in [6, 6.07) is 15.6. The molecule has 0 heterocycles. The molecule has 3 heteroatoms. The van der Waals surface area contributed by atoms with Crippen molar-refractivity contribution in [3.05, 3.63) is 65.5 Å². The van der Waals surface area contributed by atoms with E-state index >= 15 is 0 Å². The van der Waals surface area contributed by atoms with E-state index in [1.54, 1.807) is 12.1 Å². The number of hydrogen-bond donors (Lipinski definition) is 1. The lowest BCUT2D eigenvalue weighted by atomic mass is 9.98. The summed E-state index contributed by atoms with van der Waals surface area (Å²) in [6.45, 7) is 2.95. The SMILES string of the molecule is CCNC(Cc1ccc(OC)c(F)c1)c1ccccc1. The van der Waals surface area contributed by atoms with Gasteiger partial charge in [-0.1, -0.05) is 43.3 Å². The Kier molecular flexibility index (Phi) is 5.13. The zero-order valence-electron chi connectivity index (χ0n) is 11.9. The maximum atomic E-state index is 13.7. The van der Waals surface area contributed by atoms with Crippen LogP contribution in [0.2, 0.25) is 0 Å². The number of halogens is 1. The molecule has 0 aliphatic rings. The van der Waals surface area contributed by atoms with Crippen molar-refractivity contribution in [1.29, 1.82) is 0 Å². The molecule has 0 saturated carbocycles. The molecule has 1 unspecified atom stereocenters. The molecule has 0 aliphatic heterocycles. The topological polar surface area (TPSA) is 21.3 Å². The summed E-state index contributed by atoms with van der Waals surface area (Å²) in [7, 11) is 1.48. The van der Waals surface area contributed by atoms with Crippen molar-refractivity contribution in [2.45, 2.75) is 19.4 Å². The Morgan fingerprint density at radius 1 is 1.15 bits per heavy atom. The Balaban J connectivity index is 2.18. The fourth-order valence-electron chi connectivity index (χ4n) is 2.31. The van der Waals surface area contributed by atoms with Gasteiger partial charge in [0, 0.05) is 6.04 Å². The van der Waals surface area contributed by atoms with Crippen LogP contribution in [0.1, 0.15) is 24.1 Å². The van der Waals surface area contributed by atoms with Gasteiger partial charge in [0.05, 0.1) is 7.11 Å². The van der Waals surface area contributed by atoms with E-state index in [0.29, 0.717) is 0 Å². The monoisotopic (exact) mass is 273 g/mol. The second-order valence-electron chi connectivity index (χ2n) is 4.69. The van der Waals surface area contributed by atoms with E-state index in [2.05, 4.69) is 24.4 Å². The minimum atomic E-state index is -0.312. The highest BCUT2D eigenvalue weighted by molar-refractivity contribution is 5.31. The van der Waals surface area contributed by atoms with Gasteiger partial charge in [-0.05, 0) is 36.2 Å². The van der Waals surface area contributed by atoms with Gasteiger partial charge in [0.15, 0.2) is 11.6 Å². The molecule has 2 rings (SSSR count). The van der Waals surface area contributed by atoms with E-state index in [1.165, 1.54) is 12.7 Å². The lowest BCUT2D eigenvalue weighted by Crippen LogP contribution is -2.22. The Labute approximate surface area is 119 Å². The van der Waals surface area contributed by atoms with Crippen LogP contribution < -0.4 is 10.1 Å². The van der Waals surface area contributed by atoms with E-state index in [4.69, 9.17) is 4.74 Å². The molecule has 2 aromatic rings. The summed E-state index contributed by atoms with van der Waals surface area (Å²) < 4.78 is 18.7. The highest BCUT2D eigenvalue weighted by Gasteiger charge is 2.12. The zero-order valence-corrected chi connectivity index (χ0v) is 11.9. The van der Waals surface area contributed by atoms with Crippen molar-refractivity contribution in [3.63, 3.8) is 0 Å². The zero-order chi connectivity index (χ0) is 14.4. The van der Waals surface area contributed by atoms with E-state index < -0.39 is 0 Å². The number of ether oxygens (including phenoxy) is 1. The lowest BCUT2D eigenvalue weighted by molar-refractivity contribution is 0.386. The summed E-state index contributed by atoms with van der Waals surface area (Å²) >= 11 is 0. The minimum Gasteiger partial charge on any atom is -0.494 e. The average molecular weight is 273 g/mol. The molecule has 0 aliphatic carbocycles. The van der Waals surface area contributed by atoms with Crippen LogP contribution in [0.15, 0.2) is 48.5 Å². The fourth-order valence-corrected chi connectivity index (χ4v) is 2.31. The first-order valence-electron chi connectivity index (χ1n) is 6.85. The summed E-state index contributed by atoms with van der Waals surface area (Å²) in [5.74, 6) is -0.0261. The number of benzene rings is 2. The third kappa shape index (κ3) is 3.58. The number of nitrogens with one attached hydrogen (secondary N) is 1. The van der Waals surface area contributed by atoms with E-state index in [0.717, 1.165) is 18.5 Å². The van der Waals surface area contributed by atoms with Crippen molar-refractivity contribution < 1.29 is 9.13 Å². The Bertz CT molecular complexity index is 542. The fraction of sp³-hybridized carbons (Fsp3) is 0.294. The van der Waals surface area contributed by atoms with Crippen LogP contribution in [0, 0.1) is 5.82 Å². The predicted octanol–water partition coefficient (Wildman–Crippen LogP) is 3.73. The second kappa shape index (κ2) is 7.06. The van der Waals surface area contributed by atoms with Crippen molar-refractivity contribution >= 4 is 0 Å². The number of hydrogen-bond acceptors (Lipinski definition) is 2. The largest absolute Gasteiger partial charge is 0.494 e. The van der Waals surface area contributed by atoms with E-state index in [1.807, 2.05) is 24.3 Å². The second-order valence-corrected chi connectivity index (χ2v) is 4.69. The van der Waals surface area contributed by atoms with Gasteiger partial charge in [-0.15, -0.1) is 0 Å². The van der Waals surface area contributed by atoms with E-state index in [9.17, 15) is 4.39 Å². The highest BCUT2D eigenvalue weighted by Crippen LogP contribution is 2.22. The van der Waals surface area contributed by atoms with Crippen molar-refractivity contribution in [2.24, 2.45) is 0 Å². The van der Waals surface area contributed by atoms with Crippen LogP contribution >= 0.6 is 0 Å². The van der Waals surface area contributed by atoms with Crippen LogP contribution in [0.3, 0.4) is 0 Å². The van der Waals surface area contributed by atoms with Gasteiger partial charge >= 0.3 is 0 Å². The number of methoxy groups -OCH3 is 1. The molecule has 1 atom stereocenters. The average Bonchev–Trinajstić information content (AvgIpc) is 2.48. The minimum absolute atomic E-state index is 0.189. The van der Waals surface area contributed by atoms with Gasteiger partial charge < -0.3 is 10.1 Å². The maximum absolute atomic E-state index is 13.7. The molecule has 20 heavy (non-hydrogen) atoms. The van der Waals surface area contributed by atoms with Crippen LogP contribution in [0.25, 0.3) is 0 Å². The molecular weight excluding hydrogens is 253 g/mol. The first-order chi connectivity index (χ1) is 9.74. The molecule has 0 spiro atoms. The van der Waals surface area contributed by atoms with Crippen LogP contribution in [0.4, 0.5) is 4.39 Å². The molecule has 0 saturated heterocycles. The molecule has 0 fully saturated rings. The Morgan fingerprint density at radius 3 is 2.50 bits per heavy atom. The molecular formula is C17H20FNO. The normalized spacial score (nSPS) is 12.2. The van der Waals surface area contributed by atoms with E-state index in [-0.39, 0.29) is 17.6 Å². The van der Waals surface area contributed by atoms with Gasteiger partial charge in [-0.3, -0.25) is 0 Å². The Morgan fingerprint density at radius 2 is 1.90 bits per heavy atom. The third-order valence-electron chi connectivity index (χ3n) is 3.31. The summed E-state index contributed by atoms with van der Waals surface area (Å²) in [5.41, 5.74) is 2.17. The van der Waals surface area contributed by atoms with Gasteiger partial charge in [0.1, 0.15) is 0 Å². The lowest BCUT2D eigenvalue weighted by Gasteiger charge is -2.18. The quantitative estimate of drug-likeness (QED) is 0.866. The van der Waals surface area contributed by atoms with Crippen molar-refractivity contribution in [3.8, 4) is 5.75 Å². The molecule has 2 aromatic carbocycles. The summed E-state index contributed by atoms with van der Waals surface area (Å²) in [4.78, 5) is 0. The molecule has 0 bridgehead atoms. The van der Waals surface area contributed by atoms with Crippen molar-refractivity contribution in [2.75, 3.05) is 13.7 Å². The van der Waals surface area contributed by atoms with Crippen LogP contribution in [0.5, 0.6) is 5.75 Å². The van der Waals surface area contributed by atoms with Gasteiger partial charge in [-0.2, -0.15) is 0 Å². The molecule has 2 nitrogen and oxygen atoms in total. The maximum Gasteiger partial charge on any atom is 0.165 e. The summed E-state index contributed by atoms with van der Waals surface area (Å²) in [6.07, 6.45) is 0.749.